The predicted octanol–water partition coefficient (Wildman–Crippen LogP) is 1.18. The molecule has 7 nitrogen and oxygen atoms in total. The fraction of sp³-hybridized carbons (Fsp3) is 0.286. The minimum Gasteiger partial charge on any atom is -0.495 e. The van der Waals surface area contributed by atoms with Gasteiger partial charge < -0.3 is 4.74 Å². The molecule has 4 amide bonds. The van der Waals surface area contributed by atoms with Gasteiger partial charge in [0.2, 0.25) is 11.8 Å². The second-order valence-corrected chi connectivity index (χ2v) is 5.02. The Morgan fingerprint density at radius 3 is 2.52 bits per heavy atom. The summed E-state index contributed by atoms with van der Waals surface area (Å²) >= 11 is 0. The number of anilines is 1. The van der Waals surface area contributed by atoms with Crippen LogP contribution in [0.5, 0.6) is 5.75 Å². The van der Waals surface area contributed by atoms with Gasteiger partial charge in [0.25, 0.3) is 0 Å². The summed E-state index contributed by atoms with van der Waals surface area (Å²) in [6.45, 7) is 2.86. The molecule has 108 valence electrons. The maximum absolute atomic E-state index is 12.4. The molecule has 1 aromatic carbocycles. The van der Waals surface area contributed by atoms with Gasteiger partial charge in [0.15, 0.2) is 0 Å². The molecule has 0 spiro atoms. The van der Waals surface area contributed by atoms with Crippen LogP contribution in [0.15, 0.2) is 18.2 Å². The molecule has 0 saturated carbocycles. The molecule has 1 N–H and O–H groups in total. The predicted molar refractivity (Wildman–Crippen MR) is 72.5 cm³/mol. The van der Waals surface area contributed by atoms with Gasteiger partial charge in [-0.3, -0.25) is 14.9 Å². The summed E-state index contributed by atoms with van der Waals surface area (Å²) in [4.78, 5) is 37.0. The van der Waals surface area contributed by atoms with Crippen molar-refractivity contribution >= 4 is 23.5 Å². The number of imide groups is 2. The van der Waals surface area contributed by atoms with Crippen LogP contribution < -0.4 is 15.0 Å². The molecular weight excluding hydrogens is 274 g/mol. The van der Waals surface area contributed by atoms with E-state index in [1.165, 1.54) is 39.2 Å². The van der Waals surface area contributed by atoms with Crippen LogP contribution in [0.1, 0.15) is 19.4 Å². The minimum atomic E-state index is -1.37. The van der Waals surface area contributed by atoms with E-state index in [9.17, 15) is 14.4 Å². The van der Waals surface area contributed by atoms with Crippen LogP contribution in [0.25, 0.3) is 0 Å². The molecule has 1 aliphatic rings. The number of carbonyl (C=O) groups excluding carboxylic acids is 3. The Hall–Kier alpha value is -2.88. The number of barbiturate groups is 1. The Kier molecular flexibility index (Phi) is 3.39. The third-order valence-electron chi connectivity index (χ3n) is 3.28. The van der Waals surface area contributed by atoms with Crippen molar-refractivity contribution < 1.29 is 19.1 Å². The maximum Gasteiger partial charge on any atom is 0.335 e. The summed E-state index contributed by atoms with van der Waals surface area (Å²) in [6, 6.07) is 5.41. The molecule has 21 heavy (non-hydrogen) atoms. The van der Waals surface area contributed by atoms with E-state index in [1.54, 1.807) is 0 Å². The molecule has 0 atom stereocenters. The minimum absolute atomic E-state index is 0.180. The van der Waals surface area contributed by atoms with Crippen LogP contribution in [-0.2, 0) is 9.59 Å². The number of carbonyl (C=O) groups is 3. The Morgan fingerprint density at radius 1 is 1.29 bits per heavy atom. The first kappa shape index (κ1) is 14.5. The van der Waals surface area contributed by atoms with Gasteiger partial charge in [0, 0.05) is 6.07 Å². The number of amides is 4. The van der Waals surface area contributed by atoms with Crippen molar-refractivity contribution in [2.45, 2.75) is 13.8 Å². The lowest BCUT2D eigenvalue weighted by Gasteiger charge is -2.34. The Morgan fingerprint density at radius 2 is 1.95 bits per heavy atom. The van der Waals surface area contributed by atoms with Crippen molar-refractivity contribution in [3.05, 3.63) is 23.8 Å². The van der Waals surface area contributed by atoms with E-state index in [0.717, 1.165) is 4.90 Å². The first-order valence-corrected chi connectivity index (χ1v) is 6.11. The Labute approximate surface area is 121 Å². The summed E-state index contributed by atoms with van der Waals surface area (Å²) < 4.78 is 5.12. The fourth-order valence-electron chi connectivity index (χ4n) is 1.93. The number of rotatable bonds is 2. The van der Waals surface area contributed by atoms with Gasteiger partial charge >= 0.3 is 6.03 Å². The van der Waals surface area contributed by atoms with E-state index in [0.29, 0.717) is 5.56 Å². The van der Waals surface area contributed by atoms with E-state index in [2.05, 4.69) is 5.32 Å². The number of nitriles is 1. The van der Waals surface area contributed by atoms with Crippen molar-refractivity contribution in [2.24, 2.45) is 5.41 Å². The van der Waals surface area contributed by atoms with Crippen molar-refractivity contribution in [2.75, 3.05) is 12.0 Å². The molecule has 1 aromatic rings. The molecule has 0 bridgehead atoms. The molecule has 1 saturated heterocycles. The summed E-state index contributed by atoms with van der Waals surface area (Å²) in [5.41, 5.74) is -0.859. The normalized spacial score (nSPS) is 17.2. The first-order valence-electron chi connectivity index (χ1n) is 6.11. The highest BCUT2D eigenvalue weighted by Crippen LogP contribution is 2.34. The van der Waals surface area contributed by atoms with Gasteiger partial charge in [-0.15, -0.1) is 0 Å². The van der Waals surface area contributed by atoms with Crippen LogP contribution in [-0.4, -0.2) is 25.0 Å². The SMILES string of the molecule is COc1cc(C#N)ccc1N1C(=O)NC(=O)C(C)(C)C1=O. The average molecular weight is 287 g/mol. The van der Waals surface area contributed by atoms with Crippen molar-refractivity contribution in [1.29, 1.82) is 5.26 Å². The lowest BCUT2D eigenvalue weighted by molar-refractivity contribution is -0.140. The lowest BCUT2D eigenvalue weighted by Crippen LogP contribution is -2.62. The third kappa shape index (κ3) is 2.21. The third-order valence-corrected chi connectivity index (χ3v) is 3.28. The second kappa shape index (κ2) is 4.90. The number of ether oxygens (including phenoxy) is 1. The molecule has 0 radical (unpaired) electrons. The molecular formula is C14H13N3O4. The largest absolute Gasteiger partial charge is 0.495 e. The number of methoxy groups -OCH3 is 1. The van der Waals surface area contributed by atoms with E-state index < -0.39 is 23.3 Å². The number of hydrogen-bond acceptors (Lipinski definition) is 5. The molecule has 1 heterocycles. The highest BCUT2D eigenvalue weighted by molar-refractivity contribution is 6.29. The average Bonchev–Trinajstić information content (AvgIpc) is 2.46. The molecule has 1 aliphatic heterocycles. The summed E-state index contributed by atoms with van der Waals surface area (Å²) in [7, 11) is 1.36. The second-order valence-electron chi connectivity index (χ2n) is 5.02. The summed E-state index contributed by atoms with van der Waals surface area (Å²) in [5.74, 6) is -1.11. The van der Waals surface area contributed by atoms with Crippen molar-refractivity contribution in [3.8, 4) is 11.8 Å². The van der Waals surface area contributed by atoms with Crippen LogP contribution >= 0.6 is 0 Å². The van der Waals surface area contributed by atoms with Gasteiger partial charge in [0.05, 0.1) is 24.4 Å². The van der Waals surface area contributed by atoms with Gasteiger partial charge in [-0.25, -0.2) is 9.69 Å². The summed E-state index contributed by atoms with van der Waals surface area (Å²) in [5, 5.41) is 11.0. The molecule has 0 aliphatic carbocycles. The Balaban J connectivity index is 2.55. The van der Waals surface area contributed by atoms with Crippen LogP contribution in [0.4, 0.5) is 10.5 Å². The topological polar surface area (TPSA) is 99.5 Å². The van der Waals surface area contributed by atoms with E-state index in [4.69, 9.17) is 10.00 Å². The highest BCUT2D eigenvalue weighted by atomic mass is 16.5. The van der Waals surface area contributed by atoms with E-state index in [1.807, 2.05) is 6.07 Å². The van der Waals surface area contributed by atoms with Crippen LogP contribution in [0, 0.1) is 16.7 Å². The molecule has 0 aromatic heterocycles. The first-order chi connectivity index (χ1) is 9.82. The molecule has 7 heteroatoms. The lowest BCUT2D eigenvalue weighted by atomic mass is 9.88. The zero-order chi connectivity index (χ0) is 15.8. The molecule has 2 rings (SSSR count). The summed E-state index contributed by atoms with van der Waals surface area (Å²) in [6.07, 6.45) is 0. The van der Waals surface area contributed by atoms with E-state index >= 15 is 0 Å². The number of urea groups is 1. The Bertz CT molecular complexity index is 688. The zero-order valence-corrected chi connectivity index (χ0v) is 11.8. The monoisotopic (exact) mass is 287 g/mol. The van der Waals surface area contributed by atoms with Gasteiger partial charge in [-0.1, -0.05) is 0 Å². The number of hydrogen-bond donors (Lipinski definition) is 1. The number of nitrogens with zero attached hydrogens (tertiary/aromatic N) is 2. The number of nitrogens with one attached hydrogen (secondary N) is 1. The molecule has 1 fully saturated rings. The van der Waals surface area contributed by atoms with Gasteiger partial charge in [-0.2, -0.15) is 5.26 Å². The van der Waals surface area contributed by atoms with Crippen molar-refractivity contribution in [3.63, 3.8) is 0 Å². The maximum atomic E-state index is 12.4. The highest BCUT2D eigenvalue weighted by Gasteiger charge is 2.48. The fourth-order valence-corrected chi connectivity index (χ4v) is 1.93. The molecule has 0 unspecified atom stereocenters. The van der Waals surface area contributed by atoms with Gasteiger partial charge in [0.1, 0.15) is 11.2 Å². The zero-order valence-electron chi connectivity index (χ0n) is 11.8. The standard InChI is InChI=1S/C14H13N3O4/c1-14(2)11(18)16-13(20)17(12(14)19)9-5-4-8(7-15)6-10(9)21-3/h4-6H,1-3H3,(H,16,18,20). The number of benzene rings is 1. The smallest absolute Gasteiger partial charge is 0.335 e. The van der Waals surface area contributed by atoms with Crippen LogP contribution in [0.3, 0.4) is 0 Å². The van der Waals surface area contributed by atoms with E-state index in [-0.39, 0.29) is 11.4 Å². The van der Waals surface area contributed by atoms with Crippen molar-refractivity contribution in [1.82, 2.24) is 5.32 Å². The van der Waals surface area contributed by atoms with Crippen LogP contribution in [0.2, 0.25) is 0 Å². The quantitative estimate of drug-likeness (QED) is 0.823. The van der Waals surface area contributed by atoms with Gasteiger partial charge in [-0.05, 0) is 26.0 Å².